The molecule has 0 aromatic heterocycles. The van der Waals surface area contributed by atoms with Crippen LogP contribution < -0.4 is 0 Å². The maximum absolute atomic E-state index is 6.47. The SMILES string of the molecule is Cl[13CH2][13C@]1([13CH](Cl)Cl)[13C@H]2[13C@@H](Cl)[13C](Cl)(Cl)[13C@]1([13CH](Cl)Cl)[13CH2][13C]2(Cl)Cl. The van der Waals surface area contributed by atoms with Gasteiger partial charge in [0.15, 0.2) is 0 Å². The third kappa shape index (κ3) is 2.03. The lowest BCUT2D eigenvalue weighted by Crippen LogP contribution is -2.54. The summed E-state index contributed by atoms with van der Waals surface area (Å²) in [7, 11) is 0. The molecule has 0 spiro atoms. The second-order valence-electron chi connectivity index (χ2n) is 5.19. The minimum absolute atomic E-state index is 0.0309. The van der Waals surface area contributed by atoms with Crippen LogP contribution in [0.4, 0.5) is 0 Å². The highest BCUT2D eigenvalue weighted by Crippen LogP contribution is 2.83. The Balaban J connectivity index is 2.80. The second kappa shape index (κ2) is 5.72. The molecule has 2 rings (SSSR count). The summed E-state index contributed by atoms with van der Waals surface area (Å²) in [5.74, 6) is -0.691. The van der Waals surface area contributed by atoms with E-state index in [-0.39, 0.29) is 12.3 Å². The number of rotatable bonds is 3. The zero-order valence-corrected chi connectivity index (χ0v) is 17.1. The average molecular weight is 493 g/mol. The third-order valence-electron chi connectivity index (χ3n) is 4.57. The third-order valence-corrected chi connectivity index (χ3v) is 9.22. The molecule has 0 aromatic rings. The van der Waals surface area contributed by atoms with Gasteiger partial charge in [0.05, 0.1) is 5.38 Å². The molecule has 2 fully saturated rings. The molecule has 0 heterocycles. The lowest BCUT2D eigenvalue weighted by atomic mass is 10.7. The van der Waals surface area contributed by atoms with E-state index < -0.39 is 40.5 Å². The van der Waals surface area contributed by atoms with Crippen LogP contribution in [0.5, 0.6) is 0 Å². The van der Waals surface area contributed by atoms with Gasteiger partial charge in [-0.25, -0.2) is 0 Å². The van der Waals surface area contributed by atoms with Crippen molar-refractivity contribution in [2.75, 3.05) is 5.88 Å². The Labute approximate surface area is 167 Å². The van der Waals surface area contributed by atoms with E-state index in [1.165, 1.54) is 0 Å². The standard InChI is InChI=1S/C10H8Cl10/c11-2-7(5(13)14)3-4(12)10(19,20)8(7,6(15)16)1-9(3,17)18/h3-6H,1-2H2/t3-,4-,7-,8+/m1/s1/i1+1,2+1,3+1,4+1,5+1,6+1,7+1,8+1,9+1,10+1. The molecule has 2 aliphatic carbocycles. The van der Waals surface area contributed by atoms with Gasteiger partial charge in [0.2, 0.25) is 0 Å². The molecule has 2 bridgehead atoms. The number of alkyl halides is 10. The monoisotopic (exact) mass is 488 g/mol. The van der Waals surface area contributed by atoms with Crippen LogP contribution in [0.25, 0.3) is 0 Å². The van der Waals surface area contributed by atoms with Crippen LogP contribution in [-0.4, -0.2) is 29.6 Å². The molecule has 0 unspecified atom stereocenters. The molecule has 0 aromatic carbocycles. The highest BCUT2D eigenvalue weighted by Gasteiger charge is 2.87. The van der Waals surface area contributed by atoms with Crippen LogP contribution in [0.15, 0.2) is 0 Å². The van der Waals surface area contributed by atoms with Crippen LogP contribution in [0.3, 0.4) is 0 Å². The van der Waals surface area contributed by atoms with Crippen molar-refractivity contribution in [2.45, 2.75) is 30.1 Å². The Morgan fingerprint density at radius 1 is 0.950 bits per heavy atom. The van der Waals surface area contributed by atoms with Crippen LogP contribution in [-0.2, 0) is 0 Å². The van der Waals surface area contributed by atoms with Gasteiger partial charge in [0.1, 0.15) is 18.3 Å². The fourth-order valence-corrected chi connectivity index (χ4v) is 9.12. The predicted octanol–water partition coefficient (Wildman–Crippen LogP) is 6.79. The van der Waals surface area contributed by atoms with Crippen LogP contribution in [0.1, 0.15) is 6.42 Å². The number of hydrogen-bond acceptors (Lipinski definition) is 0. The molecule has 0 radical (unpaired) electrons. The zero-order valence-electron chi connectivity index (χ0n) is 9.50. The summed E-state index contributed by atoms with van der Waals surface area (Å²) in [4.78, 5) is -2.05. The molecule has 118 valence electrons. The Hall–Kier alpha value is 2.90. The maximum Gasteiger partial charge on any atom is 0.143 e. The van der Waals surface area contributed by atoms with E-state index in [2.05, 4.69) is 0 Å². The van der Waals surface area contributed by atoms with Gasteiger partial charge in [0.25, 0.3) is 0 Å². The van der Waals surface area contributed by atoms with Gasteiger partial charge in [-0.05, 0) is 6.42 Å². The Morgan fingerprint density at radius 3 is 1.75 bits per heavy atom. The summed E-state index contributed by atoms with van der Waals surface area (Å²) in [6, 6.07) is 0. The van der Waals surface area contributed by atoms with Gasteiger partial charge >= 0.3 is 0 Å². The van der Waals surface area contributed by atoms with Crippen LogP contribution >= 0.6 is 116 Å². The molecule has 10 heteroatoms. The first-order valence-corrected chi connectivity index (χ1v) is 9.68. The van der Waals surface area contributed by atoms with Gasteiger partial charge < -0.3 is 0 Å². The van der Waals surface area contributed by atoms with Crippen molar-refractivity contribution in [1.82, 2.24) is 0 Å². The average Bonchev–Trinajstić information content (AvgIpc) is 2.61. The van der Waals surface area contributed by atoms with Crippen molar-refractivity contribution in [3.63, 3.8) is 0 Å². The zero-order chi connectivity index (χ0) is 15.7. The van der Waals surface area contributed by atoms with E-state index >= 15 is 0 Å². The summed E-state index contributed by atoms with van der Waals surface area (Å²) in [5, 5.41) is -0.853. The predicted molar refractivity (Wildman–Crippen MR) is 93.2 cm³/mol. The van der Waals surface area contributed by atoms with Gasteiger partial charge in [-0.3, -0.25) is 0 Å². The number of fused-ring (bicyclic) bond motifs is 2. The number of halogens is 10. The molecule has 20 heavy (non-hydrogen) atoms. The lowest BCUT2D eigenvalue weighted by molar-refractivity contribution is 0.134. The van der Waals surface area contributed by atoms with Crippen molar-refractivity contribution >= 4 is 116 Å². The molecule has 0 amide bonds. The minimum Gasteiger partial charge on any atom is -0.126 e. The fourth-order valence-electron chi connectivity index (χ4n) is 3.68. The molecular formula is C10H8Cl10. The molecule has 2 aliphatic rings. The first-order chi connectivity index (χ1) is 8.93. The summed E-state index contributed by atoms with van der Waals surface area (Å²) >= 11 is 63.1. The van der Waals surface area contributed by atoms with Gasteiger partial charge in [-0.1, -0.05) is 23.2 Å². The summed E-state index contributed by atoms with van der Waals surface area (Å²) in [6.45, 7) is 0. The lowest BCUT2D eigenvalue weighted by Gasteiger charge is -2.48. The van der Waals surface area contributed by atoms with Crippen LogP contribution in [0, 0.1) is 16.7 Å². The molecule has 2 saturated carbocycles. The minimum atomic E-state index is -1.52. The van der Waals surface area contributed by atoms with E-state index in [9.17, 15) is 0 Å². The quantitative estimate of drug-likeness (QED) is 0.300. The van der Waals surface area contributed by atoms with Crippen molar-refractivity contribution in [1.29, 1.82) is 0 Å². The van der Waals surface area contributed by atoms with Gasteiger partial charge in [-0.2, -0.15) is 0 Å². The van der Waals surface area contributed by atoms with Crippen molar-refractivity contribution in [3.05, 3.63) is 0 Å². The number of hydrogen-bond donors (Lipinski definition) is 0. The molecule has 0 aliphatic heterocycles. The van der Waals surface area contributed by atoms with E-state index in [0.29, 0.717) is 0 Å². The Bertz CT molecular complexity index is 407. The largest absolute Gasteiger partial charge is 0.143 e. The summed E-state index contributed by atoms with van der Waals surface area (Å²) in [6.07, 6.45) is 0.0876. The normalized spacial score (nSPS) is 45.6. The maximum atomic E-state index is 6.47. The van der Waals surface area contributed by atoms with E-state index in [0.717, 1.165) is 0 Å². The van der Waals surface area contributed by atoms with Gasteiger partial charge in [-0.15, -0.1) is 92.8 Å². The molecular weight excluding hydrogens is 485 g/mol. The Kier molecular flexibility index (Phi) is 5.50. The summed E-state index contributed by atoms with van der Waals surface area (Å²) in [5.41, 5.74) is -2.34. The molecule has 4 atom stereocenters. The van der Waals surface area contributed by atoms with E-state index in [1.54, 1.807) is 0 Å². The second-order valence-corrected chi connectivity index (χ2v) is 11.0. The smallest absolute Gasteiger partial charge is 0.126 e. The van der Waals surface area contributed by atoms with E-state index in [1.807, 2.05) is 0 Å². The van der Waals surface area contributed by atoms with Crippen molar-refractivity contribution in [2.24, 2.45) is 16.7 Å². The van der Waals surface area contributed by atoms with E-state index in [4.69, 9.17) is 116 Å². The van der Waals surface area contributed by atoms with Crippen molar-refractivity contribution in [3.8, 4) is 0 Å². The molecule has 0 N–H and O–H groups in total. The summed E-state index contributed by atoms with van der Waals surface area (Å²) < 4.78 is -2.80. The molecule has 0 nitrogen and oxygen atoms in total. The highest BCUT2D eigenvalue weighted by molar-refractivity contribution is 6.58. The highest BCUT2D eigenvalue weighted by atomic mass is 35.6. The van der Waals surface area contributed by atoms with Crippen LogP contribution in [0.2, 0.25) is 0 Å². The first-order valence-electron chi connectivity index (χ1n) is 5.45. The topological polar surface area (TPSA) is 0 Å². The van der Waals surface area contributed by atoms with Gasteiger partial charge in [0, 0.05) is 22.6 Å². The Morgan fingerprint density at radius 2 is 1.45 bits per heavy atom. The fraction of sp³-hybridized carbons (Fsp3) is 1.00. The first kappa shape index (κ1) is 19.2. The van der Waals surface area contributed by atoms with Crippen molar-refractivity contribution < 1.29 is 0 Å². The molecule has 0 saturated heterocycles.